The molecular weight excluding hydrogens is 228 g/mol. The number of carbonyl (C=O) groups is 2. The molecule has 0 radical (unpaired) electrons. The van der Waals surface area contributed by atoms with E-state index in [4.69, 9.17) is 9.84 Å². The third kappa shape index (κ3) is 11.4. The molecule has 4 nitrogen and oxygen atoms in total. The number of unbranched alkanes of at least 4 members (excludes halogenated alkanes) is 2. The lowest BCUT2D eigenvalue weighted by Crippen LogP contribution is -2.04. The number of rotatable bonds is 10. The highest BCUT2D eigenvalue weighted by molar-refractivity contribution is 7.99. The zero-order chi connectivity index (χ0) is 12.2. The fraction of sp³-hybridized carbons (Fsp3) is 0.818. The maximum atomic E-state index is 11.0. The third-order valence-corrected chi connectivity index (χ3v) is 3.01. The van der Waals surface area contributed by atoms with E-state index in [-0.39, 0.29) is 12.4 Å². The summed E-state index contributed by atoms with van der Waals surface area (Å²) in [5, 5.41) is 8.41. The van der Waals surface area contributed by atoms with Gasteiger partial charge in [-0.3, -0.25) is 9.59 Å². The van der Waals surface area contributed by atoms with Gasteiger partial charge >= 0.3 is 11.9 Å². The molecule has 0 aromatic heterocycles. The van der Waals surface area contributed by atoms with Crippen molar-refractivity contribution in [2.75, 3.05) is 18.1 Å². The summed E-state index contributed by atoms with van der Waals surface area (Å²) in [5.74, 6) is 0.910. The molecule has 0 spiro atoms. The second-order valence-corrected chi connectivity index (χ2v) is 4.60. The number of thioether (sulfide) groups is 1. The minimum Gasteiger partial charge on any atom is -0.481 e. The first kappa shape index (κ1) is 15.3. The van der Waals surface area contributed by atoms with E-state index >= 15 is 0 Å². The Labute approximate surface area is 101 Å². The molecule has 0 fully saturated rings. The number of carboxylic acid groups (broad SMARTS) is 1. The number of carboxylic acids is 1. The Hall–Kier alpha value is -0.710. The van der Waals surface area contributed by atoms with Crippen LogP contribution in [0.4, 0.5) is 0 Å². The molecule has 0 saturated carbocycles. The van der Waals surface area contributed by atoms with E-state index in [1.807, 2.05) is 0 Å². The van der Waals surface area contributed by atoms with Gasteiger partial charge in [-0.05, 0) is 25.5 Å². The van der Waals surface area contributed by atoms with Crippen LogP contribution in [-0.2, 0) is 14.3 Å². The Morgan fingerprint density at radius 3 is 2.50 bits per heavy atom. The van der Waals surface area contributed by atoms with Crippen molar-refractivity contribution in [1.82, 2.24) is 0 Å². The second kappa shape index (κ2) is 10.8. The van der Waals surface area contributed by atoms with Gasteiger partial charge in [0.25, 0.3) is 0 Å². The van der Waals surface area contributed by atoms with Crippen molar-refractivity contribution in [2.24, 2.45) is 0 Å². The molecule has 5 heteroatoms. The first-order valence-electron chi connectivity index (χ1n) is 5.62. The molecule has 0 aliphatic heterocycles. The molecule has 0 rings (SSSR count). The lowest BCUT2D eigenvalue weighted by atomic mass is 10.2. The quantitative estimate of drug-likeness (QED) is 0.475. The monoisotopic (exact) mass is 248 g/mol. The summed E-state index contributed by atoms with van der Waals surface area (Å²) in [6.07, 6.45) is 3.42. The van der Waals surface area contributed by atoms with Crippen molar-refractivity contribution in [1.29, 1.82) is 0 Å². The number of esters is 1. The Bertz CT molecular complexity index is 206. The molecule has 94 valence electrons. The summed E-state index contributed by atoms with van der Waals surface area (Å²) < 4.78 is 4.80. The van der Waals surface area contributed by atoms with Crippen molar-refractivity contribution >= 4 is 23.7 Å². The van der Waals surface area contributed by atoms with Crippen molar-refractivity contribution in [2.45, 2.75) is 39.0 Å². The second-order valence-electron chi connectivity index (χ2n) is 3.37. The van der Waals surface area contributed by atoms with Crippen LogP contribution in [0.5, 0.6) is 0 Å². The molecule has 0 aliphatic carbocycles. The molecule has 0 aromatic carbocycles. The van der Waals surface area contributed by atoms with Gasteiger partial charge in [0.2, 0.25) is 0 Å². The third-order valence-electron chi connectivity index (χ3n) is 1.94. The SMILES string of the molecule is CCOC(=O)CCSCCCCCC(=O)O. The van der Waals surface area contributed by atoms with Crippen LogP contribution < -0.4 is 0 Å². The average molecular weight is 248 g/mol. The molecule has 0 aromatic rings. The minimum absolute atomic E-state index is 0.138. The first-order valence-corrected chi connectivity index (χ1v) is 6.77. The van der Waals surface area contributed by atoms with Crippen molar-refractivity contribution in [3.8, 4) is 0 Å². The fourth-order valence-corrected chi connectivity index (χ4v) is 2.07. The van der Waals surface area contributed by atoms with E-state index in [0.29, 0.717) is 13.0 Å². The average Bonchev–Trinajstić information content (AvgIpc) is 2.22. The molecule has 0 bridgehead atoms. The lowest BCUT2D eigenvalue weighted by molar-refractivity contribution is -0.142. The molecule has 0 aliphatic rings. The summed E-state index contributed by atoms with van der Waals surface area (Å²) >= 11 is 1.72. The van der Waals surface area contributed by atoms with Crippen molar-refractivity contribution < 1.29 is 19.4 Å². The number of aliphatic carboxylic acids is 1. The molecule has 16 heavy (non-hydrogen) atoms. The van der Waals surface area contributed by atoms with Crippen LogP contribution in [0.2, 0.25) is 0 Å². The van der Waals surface area contributed by atoms with Crippen molar-refractivity contribution in [3.63, 3.8) is 0 Å². The van der Waals surface area contributed by atoms with Crippen LogP contribution in [0, 0.1) is 0 Å². The Balaban J connectivity index is 3.09. The van der Waals surface area contributed by atoms with Crippen LogP contribution in [0.25, 0.3) is 0 Å². The lowest BCUT2D eigenvalue weighted by Gasteiger charge is -2.02. The molecular formula is C11H20O4S. The van der Waals surface area contributed by atoms with Crippen LogP contribution in [0.15, 0.2) is 0 Å². The Kier molecular flexibility index (Phi) is 10.3. The van der Waals surface area contributed by atoms with Gasteiger partial charge in [0.15, 0.2) is 0 Å². The smallest absolute Gasteiger partial charge is 0.306 e. The largest absolute Gasteiger partial charge is 0.481 e. The predicted octanol–water partition coefficient (Wildman–Crippen LogP) is 2.32. The highest BCUT2D eigenvalue weighted by Crippen LogP contribution is 2.09. The molecule has 0 atom stereocenters. The van der Waals surface area contributed by atoms with E-state index in [1.54, 1.807) is 18.7 Å². The number of ether oxygens (including phenoxy) is 1. The topological polar surface area (TPSA) is 63.6 Å². The van der Waals surface area contributed by atoms with Gasteiger partial charge in [-0.2, -0.15) is 11.8 Å². The van der Waals surface area contributed by atoms with Crippen molar-refractivity contribution in [3.05, 3.63) is 0 Å². The Morgan fingerprint density at radius 1 is 1.12 bits per heavy atom. The summed E-state index contributed by atoms with van der Waals surface area (Å²) in [7, 11) is 0. The molecule has 0 unspecified atom stereocenters. The number of hydrogen-bond acceptors (Lipinski definition) is 4. The van der Waals surface area contributed by atoms with Gasteiger partial charge < -0.3 is 9.84 Å². The number of hydrogen-bond donors (Lipinski definition) is 1. The summed E-state index contributed by atoms with van der Waals surface area (Å²) in [4.78, 5) is 21.2. The van der Waals surface area contributed by atoms with E-state index < -0.39 is 5.97 Å². The molecule has 0 saturated heterocycles. The maximum absolute atomic E-state index is 11.0. The summed E-state index contributed by atoms with van der Waals surface area (Å²) in [6.45, 7) is 2.24. The van der Waals surface area contributed by atoms with Gasteiger partial charge in [-0.25, -0.2) is 0 Å². The van der Waals surface area contributed by atoms with E-state index in [2.05, 4.69) is 0 Å². The summed E-state index contributed by atoms with van der Waals surface area (Å²) in [6, 6.07) is 0. The number of carbonyl (C=O) groups excluding carboxylic acids is 1. The van der Waals surface area contributed by atoms with Crippen LogP contribution in [0.3, 0.4) is 0 Å². The Morgan fingerprint density at radius 2 is 1.88 bits per heavy atom. The highest BCUT2D eigenvalue weighted by atomic mass is 32.2. The van der Waals surface area contributed by atoms with Crippen LogP contribution >= 0.6 is 11.8 Å². The van der Waals surface area contributed by atoms with Crippen LogP contribution in [0.1, 0.15) is 39.0 Å². The van der Waals surface area contributed by atoms with Gasteiger partial charge in [-0.15, -0.1) is 0 Å². The maximum Gasteiger partial charge on any atom is 0.306 e. The van der Waals surface area contributed by atoms with Gasteiger partial charge in [0.05, 0.1) is 13.0 Å². The first-order chi connectivity index (χ1) is 7.66. The zero-order valence-electron chi connectivity index (χ0n) is 9.74. The van der Waals surface area contributed by atoms with E-state index in [1.165, 1.54) is 0 Å². The minimum atomic E-state index is -0.727. The molecule has 0 heterocycles. The van der Waals surface area contributed by atoms with Gasteiger partial charge in [0, 0.05) is 12.2 Å². The van der Waals surface area contributed by atoms with Gasteiger partial charge in [-0.1, -0.05) is 6.42 Å². The molecule has 0 amide bonds. The fourth-order valence-electron chi connectivity index (χ4n) is 1.15. The van der Waals surface area contributed by atoms with Gasteiger partial charge in [0.1, 0.15) is 0 Å². The highest BCUT2D eigenvalue weighted by Gasteiger charge is 2.01. The van der Waals surface area contributed by atoms with E-state index in [0.717, 1.165) is 30.8 Å². The normalized spacial score (nSPS) is 10.1. The summed E-state index contributed by atoms with van der Waals surface area (Å²) in [5.41, 5.74) is 0. The zero-order valence-corrected chi connectivity index (χ0v) is 10.6. The molecule has 1 N–H and O–H groups in total. The van der Waals surface area contributed by atoms with E-state index in [9.17, 15) is 9.59 Å². The van der Waals surface area contributed by atoms with Crippen LogP contribution in [-0.4, -0.2) is 35.2 Å². The standard InChI is InChI=1S/C11H20O4S/c1-2-15-11(14)7-9-16-8-5-3-4-6-10(12)13/h2-9H2,1H3,(H,12,13). The predicted molar refractivity (Wildman–Crippen MR) is 64.7 cm³/mol.